The molecule has 3 amide bonds. The number of methoxy groups -OCH3 is 1. The molecule has 1 aromatic carbocycles. The third kappa shape index (κ3) is 6.24. The van der Waals surface area contributed by atoms with E-state index in [0.29, 0.717) is 43.4 Å². The maximum Gasteiger partial charge on any atom is 0.410 e. The minimum Gasteiger partial charge on any atom is -0.493 e. The van der Waals surface area contributed by atoms with E-state index in [4.69, 9.17) is 9.47 Å². The highest BCUT2D eigenvalue weighted by Crippen LogP contribution is 2.22. The highest BCUT2D eigenvalue weighted by atomic mass is 16.6. The van der Waals surface area contributed by atoms with Gasteiger partial charge in [-0.2, -0.15) is 0 Å². The number of carbonyl (C=O) groups excluding carboxylic acids is 2. The molecule has 0 bridgehead atoms. The summed E-state index contributed by atoms with van der Waals surface area (Å²) in [6.45, 7) is 8.22. The maximum absolute atomic E-state index is 12.3. The summed E-state index contributed by atoms with van der Waals surface area (Å²) in [7, 11) is 1.52. The highest BCUT2D eigenvalue weighted by Gasteiger charge is 2.25. The molecule has 3 rings (SSSR count). The molecule has 0 spiro atoms. The van der Waals surface area contributed by atoms with Crippen LogP contribution in [-0.4, -0.2) is 60.9 Å². The molecule has 9 heteroatoms. The van der Waals surface area contributed by atoms with Gasteiger partial charge in [0, 0.05) is 43.8 Å². The van der Waals surface area contributed by atoms with E-state index < -0.39 is 11.6 Å². The molecule has 2 N–H and O–H groups in total. The average molecular weight is 428 g/mol. The molecule has 0 radical (unpaired) electrons. The van der Waals surface area contributed by atoms with Gasteiger partial charge in [-0.3, -0.25) is 5.32 Å². The number of amides is 3. The van der Waals surface area contributed by atoms with E-state index in [-0.39, 0.29) is 6.09 Å². The quantitative estimate of drug-likeness (QED) is 0.771. The van der Waals surface area contributed by atoms with Crippen molar-refractivity contribution in [1.29, 1.82) is 0 Å². The molecule has 1 saturated heterocycles. The van der Waals surface area contributed by atoms with Crippen LogP contribution in [0, 0.1) is 0 Å². The summed E-state index contributed by atoms with van der Waals surface area (Å²) >= 11 is 0. The second-order valence-corrected chi connectivity index (χ2v) is 8.13. The smallest absolute Gasteiger partial charge is 0.410 e. The average Bonchev–Trinajstić information content (AvgIpc) is 2.73. The zero-order valence-corrected chi connectivity index (χ0v) is 18.3. The Balaban J connectivity index is 1.51. The number of aromatic nitrogens is 1. The molecule has 0 atom stereocenters. The summed E-state index contributed by atoms with van der Waals surface area (Å²) < 4.78 is 10.6. The van der Waals surface area contributed by atoms with E-state index in [2.05, 4.69) is 20.5 Å². The van der Waals surface area contributed by atoms with Crippen LogP contribution in [0.1, 0.15) is 20.8 Å². The summed E-state index contributed by atoms with van der Waals surface area (Å²) in [6, 6.07) is 10.6. The van der Waals surface area contributed by atoms with Crippen LogP contribution in [0.2, 0.25) is 0 Å². The summed E-state index contributed by atoms with van der Waals surface area (Å²) in [6.07, 6.45) is 1.30. The lowest BCUT2D eigenvalue weighted by Crippen LogP contribution is -2.50. The van der Waals surface area contributed by atoms with Crippen LogP contribution in [0.4, 0.5) is 26.8 Å². The van der Waals surface area contributed by atoms with Gasteiger partial charge in [-0.05, 0) is 57.2 Å². The van der Waals surface area contributed by atoms with Crippen molar-refractivity contribution in [3.8, 4) is 5.75 Å². The van der Waals surface area contributed by atoms with Gasteiger partial charge < -0.3 is 24.6 Å². The Morgan fingerprint density at radius 2 is 1.68 bits per heavy atom. The number of anilines is 3. The number of urea groups is 1. The van der Waals surface area contributed by atoms with E-state index in [9.17, 15) is 9.59 Å². The van der Waals surface area contributed by atoms with Gasteiger partial charge in [0.1, 0.15) is 5.60 Å². The number of piperazine rings is 1. The number of ether oxygens (including phenoxy) is 2. The monoisotopic (exact) mass is 427 g/mol. The van der Waals surface area contributed by atoms with Gasteiger partial charge in [0.05, 0.1) is 7.11 Å². The van der Waals surface area contributed by atoms with Crippen molar-refractivity contribution in [2.75, 3.05) is 48.8 Å². The first-order chi connectivity index (χ1) is 14.7. The van der Waals surface area contributed by atoms with Gasteiger partial charge in [0.25, 0.3) is 0 Å². The van der Waals surface area contributed by atoms with Crippen molar-refractivity contribution in [3.05, 3.63) is 42.6 Å². The molecule has 1 aromatic heterocycles. The molecule has 1 aliphatic heterocycles. The van der Waals surface area contributed by atoms with Crippen LogP contribution in [0.3, 0.4) is 0 Å². The van der Waals surface area contributed by atoms with E-state index >= 15 is 0 Å². The lowest BCUT2D eigenvalue weighted by Gasteiger charge is -2.36. The Morgan fingerprint density at radius 1 is 1.00 bits per heavy atom. The van der Waals surface area contributed by atoms with Crippen LogP contribution in [0.15, 0.2) is 42.6 Å². The Bertz CT molecular complexity index is 903. The van der Waals surface area contributed by atoms with Gasteiger partial charge in [0.2, 0.25) is 0 Å². The molecule has 166 valence electrons. The molecule has 0 unspecified atom stereocenters. The fourth-order valence-electron chi connectivity index (χ4n) is 3.15. The predicted molar refractivity (Wildman–Crippen MR) is 120 cm³/mol. The number of nitrogens with zero attached hydrogens (tertiary/aromatic N) is 3. The van der Waals surface area contributed by atoms with Crippen LogP contribution < -0.4 is 20.3 Å². The lowest BCUT2D eigenvalue weighted by atomic mass is 10.2. The Labute approximate surface area is 182 Å². The zero-order valence-electron chi connectivity index (χ0n) is 18.3. The van der Waals surface area contributed by atoms with Crippen LogP contribution >= 0.6 is 0 Å². The molecule has 2 aromatic rings. The molecule has 1 fully saturated rings. The first-order valence-corrected chi connectivity index (χ1v) is 10.1. The summed E-state index contributed by atoms with van der Waals surface area (Å²) in [5.74, 6) is 0.834. The van der Waals surface area contributed by atoms with Crippen LogP contribution in [0.5, 0.6) is 5.75 Å². The highest BCUT2D eigenvalue weighted by molar-refractivity contribution is 6.00. The molecule has 0 saturated carbocycles. The van der Waals surface area contributed by atoms with Crippen molar-refractivity contribution < 1.29 is 19.1 Å². The Hall–Kier alpha value is -3.49. The molecule has 2 heterocycles. The fourth-order valence-corrected chi connectivity index (χ4v) is 3.15. The molecule has 0 aliphatic carbocycles. The molecule has 9 nitrogen and oxygen atoms in total. The Kier molecular flexibility index (Phi) is 6.84. The van der Waals surface area contributed by atoms with Gasteiger partial charge >= 0.3 is 12.1 Å². The van der Waals surface area contributed by atoms with Crippen molar-refractivity contribution in [1.82, 2.24) is 9.88 Å². The molecular formula is C22H29N5O4. The number of benzene rings is 1. The van der Waals surface area contributed by atoms with Crippen molar-refractivity contribution >= 4 is 29.3 Å². The predicted octanol–water partition coefficient (Wildman–Crippen LogP) is 3.79. The maximum atomic E-state index is 12.3. The van der Waals surface area contributed by atoms with Crippen LogP contribution in [-0.2, 0) is 4.74 Å². The summed E-state index contributed by atoms with van der Waals surface area (Å²) in [4.78, 5) is 32.5. The minimum absolute atomic E-state index is 0.276. The Morgan fingerprint density at radius 3 is 2.29 bits per heavy atom. The second-order valence-electron chi connectivity index (χ2n) is 8.13. The van der Waals surface area contributed by atoms with Gasteiger partial charge in [-0.1, -0.05) is 0 Å². The molecular weight excluding hydrogens is 398 g/mol. The van der Waals surface area contributed by atoms with E-state index in [0.717, 1.165) is 5.69 Å². The third-order valence-electron chi connectivity index (χ3n) is 4.64. The number of hydrogen-bond acceptors (Lipinski definition) is 6. The summed E-state index contributed by atoms with van der Waals surface area (Å²) in [5.41, 5.74) is 1.19. The van der Waals surface area contributed by atoms with Crippen molar-refractivity contribution in [2.24, 2.45) is 0 Å². The van der Waals surface area contributed by atoms with Gasteiger partial charge in [-0.25, -0.2) is 14.6 Å². The molecule has 1 aliphatic rings. The number of pyridine rings is 1. The number of rotatable bonds is 4. The first kappa shape index (κ1) is 22.2. The second kappa shape index (κ2) is 9.55. The largest absolute Gasteiger partial charge is 0.493 e. The number of carbonyl (C=O) groups is 2. The first-order valence-electron chi connectivity index (χ1n) is 10.1. The topological polar surface area (TPSA) is 96.0 Å². The SMILES string of the molecule is COc1cccnc1NC(=O)Nc1ccc(N2CCN(C(=O)OC(C)(C)C)CC2)cc1. The summed E-state index contributed by atoms with van der Waals surface area (Å²) in [5, 5.41) is 5.46. The van der Waals surface area contributed by atoms with Crippen LogP contribution in [0.25, 0.3) is 0 Å². The number of nitrogens with one attached hydrogen (secondary N) is 2. The zero-order chi connectivity index (χ0) is 22.4. The normalized spacial score (nSPS) is 14.1. The van der Waals surface area contributed by atoms with Gasteiger partial charge in [0.15, 0.2) is 11.6 Å². The van der Waals surface area contributed by atoms with Crippen molar-refractivity contribution in [2.45, 2.75) is 26.4 Å². The standard InChI is InChI=1S/C22H29N5O4/c1-22(2,3)31-21(29)27-14-12-26(13-15-27)17-9-7-16(8-10-17)24-20(28)25-19-18(30-4)6-5-11-23-19/h5-11H,12-15H2,1-4H3,(H2,23,24,25,28). The lowest BCUT2D eigenvalue weighted by molar-refractivity contribution is 0.0240. The van der Waals surface area contributed by atoms with Gasteiger partial charge in [-0.15, -0.1) is 0 Å². The molecule has 31 heavy (non-hydrogen) atoms. The minimum atomic E-state index is -0.495. The van der Waals surface area contributed by atoms with E-state index in [1.165, 1.54) is 7.11 Å². The third-order valence-corrected chi connectivity index (χ3v) is 4.64. The van der Waals surface area contributed by atoms with E-state index in [1.54, 1.807) is 23.2 Å². The fraction of sp³-hybridized carbons (Fsp3) is 0.409. The number of hydrogen-bond donors (Lipinski definition) is 2. The van der Waals surface area contributed by atoms with Crippen molar-refractivity contribution in [3.63, 3.8) is 0 Å². The van der Waals surface area contributed by atoms with E-state index in [1.807, 2.05) is 45.0 Å².